The van der Waals surface area contributed by atoms with Crippen molar-refractivity contribution in [1.82, 2.24) is 4.57 Å². The van der Waals surface area contributed by atoms with Crippen molar-refractivity contribution in [2.24, 2.45) is 5.73 Å². The van der Waals surface area contributed by atoms with Gasteiger partial charge in [-0.3, -0.25) is 0 Å². The second-order valence-corrected chi connectivity index (χ2v) is 4.85. The van der Waals surface area contributed by atoms with E-state index >= 15 is 0 Å². The highest BCUT2D eigenvalue weighted by Crippen LogP contribution is 2.30. The molecule has 2 nitrogen and oxygen atoms in total. The molecule has 0 aliphatic carbocycles. The molecular formula is C14H20N2. The van der Waals surface area contributed by atoms with Gasteiger partial charge in [-0.1, -0.05) is 18.2 Å². The van der Waals surface area contributed by atoms with E-state index in [0.29, 0.717) is 6.04 Å². The van der Waals surface area contributed by atoms with Crippen LogP contribution in [0.2, 0.25) is 0 Å². The molecule has 1 aromatic carbocycles. The number of rotatable bonds is 2. The molecule has 0 amide bonds. The molecule has 1 unspecified atom stereocenters. The Balaban J connectivity index is 2.82. The predicted octanol–water partition coefficient (Wildman–Crippen LogP) is 3.55. The number of aromatic nitrogens is 1. The van der Waals surface area contributed by atoms with E-state index in [4.69, 9.17) is 5.73 Å². The zero-order chi connectivity index (χ0) is 11.9. The Labute approximate surface area is 97.1 Å². The minimum Gasteiger partial charge on any atom is -0.344 e. The van der Waals surface area contributed by atoms with E-state index in [9.17, 15) is 0 Å². The minimum atomic E-state index is 0.0873. The molecule has 1 atom stereocenters. The average Bonchev–Trinajstić information content (AvgIpc) is 2.58. The molecule has 0 aliphatic heterocycles. The molecule has 0 bridgehead atoms. The van der Waals surface area contributed by atoms with Crippen molar-refractivity contribution in [3.8, 4) is 0 Å². The summed E-state index contributed by atoms with van der Waals surface area (Å²) in [5, 5.41) is 1.30. The maximum Gasteiger partial charge on any atom is 0.0515 e. The standard InChI is InChI=1S/C14H20N2/c1-9(2)16-8-13(11(4)15)12-7-5-6-10(3)14(12)16/h5-9,11H,15H2,1-4H3. The Kier molecular flexibility index (Phi) is 2.76. The Hall–Kier alpha value is -1.28. The summed E-state index contributed by atoms with van der Waals surface area (Å²) in [6, 6.07) is 6.99. The van der Waals surface area contributed by atoms with Crippen molar-refractivity contribution in [2.75, 3.05) is 0 Å². The van der Waals surface area contributed by atoms with Gasteiger partial charge in [-0.2, -0.15) is 0 Å². The van der Waals surface area contributed by atoms with Gasteiger partial charge in [-0.25, -0.2) is 0 Å². The van der Waals surface area contributed by atoms with Crippen molar-refractivity contribution >= 4 is 10.9 Å². The monoisotopic (exact) mass is 216 g/mol. The third-order valence-electron chi connectivity index (χ3n) is 3.13. The molecule has 86 valence electrons. The summed E-state index contributed by atoms with van der Waals surface area (Å²) in [5.74, 6) is 0. The van der Waals surface area contributed by atoms with Crippen LogP contribution in [0, 0.1) is 6.92 Å². The summed E-state index contributed by atoms with van der Waals surface area (Å²) >= 11 is 0. The number of fused-ring (bicyclic) bond motifs is 1. The molecule has 16 heavy (non-hydrogen) atoms. The zero-order valence-electron chi connectivity index (χ0n) is 10.5. The number of nitrogens with zero attached hydrogens (tertiary/aromatic N) is 1. The van der Waals surface area contributed by atoms with Crippen LogP contribution in [0.15, 0.2) is 24.4 Å². The van der Waals surface area contributed by atoms with E-state index in [1.165, 1.54) is 22.0 Å². The van der Waals surface area contributed by atoms with Crippen LogP contribution in [0.3, 0.4) is 0 Å². The Bertz CT molecular complexity index is 507. The summed E-state index contributed by atoms with van der Waals surface area (Å²) in [6.45, 7) is 8.61. The van der Waals surface area contributed by atoms with E-state index < -0.39 is 0 Å². The highest BCUT2D eigenvalue weighted by atomic mass is 15.0. The third-order valence-corrected chi connectivity index (χ3v) is 3.13. The maximum atomic E-state index is 6.03. The maximum absolute atomic E-state index is 6.03. The molecule has 1 heterocycles. The molecule has 2 rings (SSSR count). The van der Waals surface area contributed by atoms with Crippen LogP contribution in [0.4, 0.5) is 0 Å². The van der Waals surface area contributed by atoms with Gasteiger partial charge in [0.2, 0.25) is 0 Å². The summed E-state index contributed by atoms with van der Waals surface area (Å²) in [7, 11) is 0. The first-order chi connectivity index (χ1) is 7.52. The summed E-state index contributed by atoms with van der Waals surface area (Å²) < 4.78 is 2.32. The Morgan fingerprint density at radius 3 is 2.44 bits per heavy atom. The van der Waals surface area contributed by atoms with Gasteiger partial charge in [0.15, 0.2) is 0 Å². The molecule has 2 N–H and O–H groups in total. The fourth-order valence-electron chi connectivity index (χ4n) is 2.29. The number of para-hydroxylation sites is 1. The van der Waals surface area contributed by atoms with E-state index in [2.05, 4.69) is 49.7 Å². The van der Waals surface area contributed by atoms with Gasteiger partial charge in [-0.05, 0) is 38.8 Å². The highest BCUT2D eigenvalue weighted by molar-refractivity contribution is 5.87. The molecule has 1 aromatic heterocycles. The van der Waals surface area contributed by atoms with Crippen LogP contribution in [0.1, 0.15) is 44.0 Å². The van der Waals surface area contributed by atoms with Crippen LogP contribution < -0.4 is 5.73 Å². The quantitative estimate of drug-likeness (QED) is 0.817. The lowest BCUT2D eigenvalue weighted by Crippen LogP contribution is -2.04. The number of nitrogens with two attached hydrogens (primary N) is 1. The van der Waals surface area contributed by atoms with Gasteiger partial charge in [0.25, 0.3) is 0 Å². The van der Waals surface area contributed by atoms with Crippen molar-refractivity contribution in [1.29, 1.82) is 0 Å². The molecule has 2 aromatic rings. The Morgan fingerprint density at radius 2 is 1.88 bits per heavy atom. The third kappa shape index (κ3) is 1.63. The minimum absolute atomic E-state index is 0.0873. The van der Waals surface area contributed by atoms with Crippen LogP contribution in [-0.2, 0) is 0 Å². The van der Waals surface area contributed by atoms with Crippen molar-refractivity contribution in [2.45, 2.75) is 39.8 Å². The van der Waals surface area contributed by atoms with Crippen LogP contribution in [0.5, 0.6) is 0 Å². The second kappa shape index (κ2) is 3.95. The van der Waals surface area contributed by atoms with E-state index in [-0.39, 0.29) is 6.04 Å². The first-order valence-corrected chi connectivity index (χ1v) is 5.88. The predicted molar refractivity (Wildman–Crippen MR) is 69.7 cm³/mol. The molecule has 0 fully saturated rings. The topological polar surface area (TPSA) is 30.9 Å². The molecule has 0 spiro atoms. The van der Waals surface area contributed by atoms with E-state index in [1.54, 1.807) is 0 Å². The van der Waals surface area contributed by atoms with Crippen molar-refractivity contribution < 1.29 is 0 Å². The first-order valence-electron chi connectivity index (χ1n) is 5.88. The number of benzene rings is 1. The van der Waals surface area contributed by atoms with Gasteiger partial charge in [0.05, 0.1) is 5.52 Å². The van der Waals surface area contributed by atoms with Crippen LogP contribution in [-0.4, -0.2) is 4.57 Å². The highest BCUT2D eigenvalue weighted by Gasteiger charge is 2.14. The van der Waals surface area contributed by atoms with Gasteiger partial charge in [0.1, 0.15) is 0 Å². The van der Waals surface area contributed by atoms with Gasteiger partial charge < -0.3 is 10.3 Å². The summed E-state index contributed by atoms with van der Waals surface area (Å²) in [4.78, 5) is 0. The first kappa shape index (κ1) is 11.2. The second-order valence-electron chi connectivity index (χ2n) is 4.85. The molecular weight excluding hydrogens is 196 g/mol. The van der Waals surface area contributed by atoms with E-state index in [0.717, 1.165) is 0 Å². The normalized spacial score (nSPS) is 13.6. The Morgan fingerprint density at radius 1 is 1.19 bits per heavy atom. The summed E-state index contributed by atoms with van der Waals surface area (Å²) in [5.41, 5.74) is 9.91. The van der Waals surface area contributed by atoms with Gasteiger partial charge >= 0.3 is 0 Å². The molecule has 2 heteroatoms. The fourth-order valence-corrected chi connectivity index (χ4v) is 2.29. The van der Waals surface area contributed by atoms with Crippen LogP contribution >= 0.6 is 0 Å². The summed E-state index contributed by atoms with van der Waals surface area (Å²) in [6.07, 6.45) is 2.20. The van der Waals surface area contributed by atoms with Gasteiger partial charge in [0, 0.05) is 23.7 Å². The zero-order valence-corrected chi connectivity index (χ0v) is 10.5. The number of hydrogen-bond acceptors (Lipinski definition) is 1. The molecule has 0 saturated carbocycles. The lowest BCUT2D eigenvalue weighted by atomic mass is 10.1. The van der Waals surface area contributed by atoms with E-state index in [1.807, 2.05) is 6.92 Å². The number of aryl methyl sites for hydroxylation is 1. The average molecular weight is 216 g/mol. The lowest BCUT2D eigenvalue weighted by Gasteiger charge is -2.10. The fraction of sp³-hybridized carbons (Fsp3) is 0.429. The molecule has 0 radical (unpaired) electrons. The molecule has 0 saturated heterocycles. The van der Waals surface area contributed by atoms with Crippen molar-refractivity contribution in [3.05, 3.63) is 35.5 Å². The molecule has 0 aliphatic rings. The number of hydrogen-bond donors (Lipinski definition) is 1. The van der Waals surface area contributed by atoms with Crippen molar-refractivity contribution in [3.63, 3.8) is 0 Å². The largest absolute Gasteiger partial charge is 0.344 e. The lowest BCUT2D eigenvalue weighted by molar-refractivity contribution is 0.617. The SMILES string of the molecule is Cc1cccc2c(C(C)N)cn(C(C)C)c12. The van der Waals surface area contributed by atoms with Gasteiger partial charge in [-0.15, -0.1) is 0 Å². The van der Waals surface area contributed by atoms with Crippen LogP contribution in [0.25, 0.3) is 10.9 Å². The smallest absolute Gasteiger partial charge is 0.0515 e.